The minimum atomic E-state index is -4.03. The van der Waals surface area contributed by atoms with E-state index in [1.807, 2.05) is 118 Å². The summed E-state index contributed by atoms with van der Waals surface area (Å²) in [4.78, 5) is 0.217. The topological polar surface area (TPSA) is 68.2 Å². The van der Waals surface area contributed by atoms with E-state index in [2.05, 4.69) is 29.0 Å². The Balaban J connectivity index is 1.70. The van der Waals surface area contributed by atoms with Crippen molar-refractivity contribution in [1.82, 2.24) is 8.69 Å². The van der Waals surface area contributed by atoms with Crippen LogP contribution in [-0.2, 0) is 27.2 Å². The molecule has 2 atom stereocenters. The molecule has 0 spiro atoms. The summed E-state index contributed by atoms with van der Waals surface area (Å²) in [5.41, 5.74) is 3.00. The van der Waals surface area contributed by atoms with E-state index in [1.165, 1.54) is 0 Å². The van der Waals surface area contributed by atoms with Crippen LogP contribution >= 0.6 is 7.92 Å². The first-order valence-electron chi connectivity index (χ1n) is 15.2. The zero-order chi connectivity index (χ0) is 32.3. The van der Waals surface area contributed by atoms with Crippen molar-refractivity contribution in [3.05, 3.63) is 162 Å². The van der Waals surface area contributed by atoms with Gasteiger partial charge in [0.05, 0.1) is 32.2 Å². The highest BCUT2D eigenvalue weighted by molar-refractivity contribution is 7.90. The molecule has 6 rings (SSSR count). The average molecular weight is 665 g/mol. The summed E-state index contributed by atoms with van der Waals surface area (Å²) in [6.07, 6.45) is 0.451. The van der Waals surface area contributed by atoms with Crippen LogP contribution in [0.5, 0.6) is 0 Å². The van der Waals surface area contributed by atoms with E-state index in [1.54, 1.807) is 28.2 Å². The number of rotatable bonds is 10. The van der Waals surface area contributed by atoms with Crippen molar-refractivity contribution in [3.8, 4) is 0 Å². The van der Waals surface area contributed by atoms with Gasteiger partial charge < -0.3 is 0 Å². The number of nitrogens with one attached hydrogen (secondary N) is 1. The molecular weight excluding hydrogens is 628 g/mol. The Morgan fingerprint density at radius 3 is 1.72 bits per heavy atom. The summed E-state index contributed by atoms with van der Waals surface area (Å²) < 4.78 is 47.8. The van der Waals surface area contributed by atoms with Crippen LogP contribution in [0.15, 0.2) is 150 Å². The molecule has 5 aromatic carbocycles. The summed E-state index contributed by atoms with van der Waals surface area (Å²) in [5.74, 6) is 0. The highest BCUT2D eigenvalue weighted by Gasteiger charge is 2.34. The first-order chi connectivity index (χ1) is 22.2. The second-order valence-electron chi connectivity index (χ2n) is 12.1. The van der Waals surface area contributed by atoms with Gasteiger partial charge in [-0.1, -0.05) is 127 Å². The van der Waals surface area contributed by atoms with Gasteiger partial charge in [0.2, 0.25) is 0 Å². The Morgan fingerprint density at radius 1 is 0.696 bits per heavy atom. The van der Waals surface area contributed by atoms with Gasteiger partial charge in [-0.2, -0.15) is 0 Å². The lowest BCUT2D eigenvalue weighted by Gasteiger charge is -2.27. The molecule has 0 aliphatic carbocycles. The number of hydrogen-bond donors (Lipinski definition) is 1. The molecule has 0 aliphatic heterocycles. The molecule has 0 saturated heterocycles. The maximum Gasteiger partial charge on any atom is 0.268 e. The summed E-state index contributed by atoms with van der Waals surface area (Å²) in [6, 6.07) is 46.3. The van der Waals surface area contributed by atoms with Gasteiger partial charge in [0.25, 0.3) is 10.0 Å². The van der Waals surface area contributed by atoms with Crippen molar-refractivity contribution in [1.29, 1.82) is 0 Å². The monoisotopic (exact) mass is 664 g/mol. The van der Waals surface area contributed by atoms with Crippen molar-refractivity contribution >= 4 is 50.4 Å². The van der Waals surface area contributed by atoms with Crippen molar-refractivity contribution in [2.45, 2.75) is 42.6 Å². The molecule has 0 fully saturated rings. The van der Waals surface area contributed by atoms with Gasteiger partial charge in [-0.15, -0.1) is 0 Å². The van der Waals surface area contributed by atoms with Crippen LogP contribution in [0.4, 0.5) is 0 Å². The molecule has 0 bridgehead atoms. The highest BCUT2D eigenvalue weighted by Crippen LogP contribution is 2.45. The quantitative estimate of drug-likeness (QED) is 0.153. The molecule has 5 nitrogen and oxygen atoms in total. The van der Waals surface area contributed by atoms with E-state index < -0.39 is 39.7 Å². The molecule has 0 aliphatic rings. The predicted molar refractivity (Wildman–Crippen MR) is 193 cm³/mol. The molecule has 0 saturated carbocycles. The highest BCUT2D eigenvalue weighted by atomic mass is 32.2. The standard InChI is InChI=1S/C38H37N2O3PS2/c1-38(2,3)45(41)39-37(29-18-8-4-9-19-29)36-33-26-16-17-27-34(33)40(46(42,43)32-24-14-7-15-25-32)35(36)28-44(30-20-10-5-11-21-30)31-22-12-6-13-23-31/h4-27,37,39H,28H2,1-3H3/t37-,45+/m0/s1. The first kappa shape index (κ1) is 32.1. The average Bonchev–Trinajstić information content (AvgIpc) is 3.41. The van der Waals surface area contributed by atoms with Gasteiger partial charge in [0.1, 0.15) is 0 Å². The Labute approximate surface area is 275 Å². The number of para-hydroxylation sites is 1. The molecule has 46 heavy (non-hydrogen) atoms. The number of hydrogen-bond acceptors (Lipinski definition) is 3. The van der Waals surface area contributed by atoms with E-state index in [9.17, 15) is 12.6 Å². The van der Waals surface area contributed by atoms with Crippen molar-refractivity contribution < 1.29 is 12.6 Å². The second kappa shape index (κ2) is 13.5. The molecule has 8 heteroatoms. The van der Waals surface area contributed by atoms with Gasteiger partial charge >= 0.3 is 0 Å². The number of nitrogens with zero attached hydrogens (tertiary/aromatic N) is 1. The normalized spacial score (nSPS) is 13.6. The first-order valence-corrected chi connectivity index (χ1v) is 19.3. The molecule has 1 aromatic heterocycles. The van der Waals surface area contributed by atoms with Gasteiger partial charge in [-0.05, 0) is 63.1 Å². The molecule has 0 radical (unpaired) electrons. The largest absolute Gasteiger partial charge is 0.268 e. The zero-order valence-corrected chi connectivity index (χ0v) is 28.6. The van der Waals surface area contributed by atoms with Crippen LogP contribution in [-0.4, -0.2) is 21.3 Å². The minimum Gasteiger partial charge on any atom is -0.242 e. The third-order valence-corrected chi connectivity index (χ3v) is 13.7. The van der Waals surface area contributed by atoms with Gasteiger partial charge in [-0.3, -0.25) is 0 Å². The third kappa shape index (κ3) is 6.51. The minimum absolute atomic E-state index is 0.217. The molecule has 0 amide bonds. The van der Waals surface area contributed by atoms with E-state index in [4.69, 9.17) is 0 Å². The van der Waals surface area contributed by atoms with Crippen molar-refractivity contribution in [2.75, 3.05) is 0 Å². The molecule has 1 N–H and O–H groups in total. The third-order valence-electron chi connectivity index (χ3n) is 7.90. The Bertz CT molecular complexity index is 2020. The Hall–Kier alpha value is -3.87. The van der Waals surface area contributed by atoms with Gasteiger partial charge in [-0.25, -0.2) is 21.3 Å². The van der Waals surface area contributed by atoms with Gasteiger partial charge in [0.15, 0.2) is 0 Å². The number of aromatic nitrogens is 1. The van der Waals surface area contributed by atoms with Crippen LogP contribution in [0, 0.1) is 0 Å². The van der Waals surface area contributed by atoms with Crippen LogP contribution in [0.3, 0.4) is 0 Å². The van der Waals surface area contributed by atoms with Crippen molar-refractivity contribution in [2.24, 2.45) is 0 Å². The van der Waals surface area contributed by atoms with E-state index in [-0.39, 0.29) is 4.90 Å². The fraction of sp³-hybridized carbons (Fsp3) is 0.158. The summed E-state index contributed by atoms with van der Waals surface area (Å²) in [5, 5.41) is 3.09. The maximum atomic E-state index is 14.8. The molecular formula is C38H37N2O3PS2. The number of benzene rings is 5. The zero-order valence-electron chi connectivity index (χ0n) is 26.1. The molecule has 1 heterocycles. The Morgan fingerprint density at radius 2 is 1.17 bits per heavy atom. The van der Waals surface area contributed by atoms with E-state index in [0.29, 0.717) is 17.4 Å². The Kier molecular flexibility index (Phi) is 9.39. The smallest absolute Gasteiger partial charge is 0.242 e. The molecule has 6 aromatic rings. The molecule has 234 valence electrons. The summed E-state index contributed by atoms with van der Waals surface area (Å²) >= 11 is 0. The lowest BCUT2D eigenvalue weighted by molar-refractivity contribution is 0.587. The summed E-state index contributed by atoms with van der Waals surface area (Å²) in [6.45, 7) is 5.81. The summed E-state index contributed by atoms with van der Waals surface area (Å²) in [7, 11) is -6.53. The van der Waals surface area contributed by atoms with Gasteiger partial charge in [0, 0.05) is 22.8 Å². The fourth-order valence-electron chi connectivity index (χ4n) is 5.65. The van der Waals surface area contributed by atoms with Crippen LogP contribution < -0.4 is 15.3 Å². The number of fused-ring (bicyclic) bond motifs is 1. The maximum absolute atomic E-state index is 14.8. The van der Waals surface area contributed by atoms with E-state index >= 15 is 0 Å². The molecule has 0 unspecified atom stereocenters. The van der Waals surface area contributed by atoms with Crippen LogP contribution in [0.2, 0.25) is 0 Å². The SMILES string of the molecule is CC(C)(C)[S@@](=O)N[C@@H](c1ccccc1)c1c(CP(c2ccccc2)c2ccccc2)n(S(=O)(=O)c2ccccc2)c2ccccc12. The second-order valence-corrected chi connectivity index (χ2v) is 18.0. The van der Waals surface area contributed by atoms with Crippen LogP contribution in [0.25, 0.3) is 10.9 Å². The van der Waals surface area contributed by atoms with Crippen molar-refractivity contribution in [3.63, 3.8) is 0 Å². The lowest BCUT2D eigenvalue weighted by Crippen LogP contribution is -2.36. The predicted octanol–water partition coefficient (Wildman–Crippen LogP) is 7.65. The van der Waals surface area contributed by atoms with Crippen LogP contribution in [0.1, 0.15) is 43.6 Å². The van der Waals surface area contributed by atoms with E-state index in [0.717, 1.165) is 27.1 Å². The lowest BCUT2D eigenvalue weighted by atomic mass is 9.97. The fourth-order valence-corrected chi connectivity index (χ4v) is 10.5.